The third-order valence-corrected chi connectivity index (χ3v) is 2.89. The van der Waals surface area contributed by atoms with Crippen LogP contribution in [0.4, 0.5) is 5.69 Å². The summed E-state index contributed by atoms with van der Waals surface area (Å²) < 4.78 is 0.878. The van der Waals surface area contributed by atoms with Crippen molar-refractivity contribution in [1.29, 1.82) is 10.8 Å². The number of nitrogens with zero attached hydrogens (tertiary/aromatic N) is 1. The van der Waals surface area contributed by atoms with Gasteiger partial charge in [0.2, 0.25) is 5.96 Å². The lowest BCUT2D eigenvalue weighted by Gasteiger charge is -2.23. The lowest BCUT2D eigenvalue weighted by Crippen LogP contribution is -2.44. The Hall–Kier alpha value is -1.27. The lowest BCUT2D eigenvalue weighted by molar-refractivity contribution is 1.10. The molecule has 7 heteroatoms. The highest BCUT2D eigenvalue weighted by molar-refractivity contribution is 9.10. The van der Waals surface area contributed by atoms with Crippen molar-refractivity contribution in [1.82, 2.24) is 5.32 Å². The van der Waals surface area contributed by atoms with Gasteiger partial charge in [-0.2, -0.15) is 0 Å². The van der Waals surface area contributed by atoms with Gasteiger partial charge in [-0.3, -0.25) is 16.1 Å². The topological polar surface area (TPSA) is 89.0 Å². The molecule has 0 fully saturated rings. The molecule has 0 aliphatic heterocycles. The van der Waals surface area contributed by atoms with E-state index in [1.165, 1.54) is 4.90 Å². The van der Waals surface area contributed by atoms with Gasteiger partial charge in [-0.1, -0.05) is 27.5 Å². The molecule has 92 valence electrons. The van der Waals surface area contributed by atoms with Crippen LogP contribution in [0.5, 0.6) is 0 Å². The summed E-state index contributed by atoms with van der Waals surface area (Å²) in [6.07, 6.45) is 0. The highest BCUT2D eigenvalue weighted by Gasteiger charge is 2.14. The first-order valence-electron chi connectivity index (χ1n) is 4.72. The summed E-state index contributed by atoms with van der Waals surface area (Å²) in [7, 11) is 1.68. The summed E-state index contributed by atoms with van der Waals surface area (Å²) >= 11 is 9.48. The number of benzene rings is 1. The number of aryl methyl sites for hydroxylation is 1. The zero-order chi connectivity index (χ0) is 13.2. The van der Waals surface area contributed by atoms with Crippen molar-refractivity contribution in [2.75, 3.05) is 11.9 Å². The Bertz CT molecular complexity index is 451. The summed E-state index contributed by atoms with van der Waals surface area (Å²) in [5.41, 5.74) is 6.79. The molecule has 17 heavy (non-hydrogen) atoms. The second-order valence-corrected chi connectivity index (χ2v) is 4.82. The predicted octanol–water partition coefficient (Wildman–Crippen LogP) is 2.26. The maximum absolute atomic E-state index is 7.73. The Morgan fingerprint density at radius 2 is 2.06 bits per heavy atom. The zero-order valence-corrected chi connectivity index (χ0v) is 11.8. The summed E-state index contributed by atoms with van der Waals surface area (Å²) in [5, 5.41) is 17.7. The maximum Gasteiger partial charge on any atom is 0.202 e. The molecule has 0 aliphatic carbocycles. The van der Waals surface area contributed by atoms with Crippen LogP contribution in [0.1, 0.15) is 5.56 Å². The van der Waals surface area contributed by atoms with Crippen molar-refractivity contribution >= 4 is 45.1 Å². The number of guanidine groups is 2. The monoisotopic (exact) mass is 317 g/mol. The number of nitrogens with two attached hydrogens (primary N) is 1. The maximum atomic E-state index is 7.73. The van der Waals surface area contributed by atoms with Gasteiger partial charge in [-0.05, 0) is 24.6 Å². The van der Waals surface area contributed by atoms with Crippen molar-refractivity contribution in [3.63, 3.8) is 0 Å². The van der Waals surface area contributed by atoms with E-state index in [0.717, 1.165) is 10.0 Å². The smallest absolute Gasteiger partial charge is 0.202 e. The summed E-state index contributed by atoms with van der Waals surface area (Å²) in [6.45, 7) is 1.89. The Labute approximate surface area is 113 Å². The molecule has 0 radical (unpaired) electrons. The van der Waals surface area contributed by atoms with Gasteiger partial charge in [0, 0.05) is 11.5 Å². The highest BCUT2D eigenvalue weighted by Crippen LogP contribution is 2.32. The molecule has 1 aromatic carbocycles. The second kappa shape index (κ2) is 5.37. The number of nitrogens with one attached hydrogen (secondary N) is 3. The molecule has 0 spiro atoms. The molecule has 0 bridgehead atoms. The van der Waals surface area contributed by atoms with E-state index >= 15 is 0 Å². The van der Waals surface area contributed by atoms with Crippen LogP contribution in [0.3, 0.4) is 0 Å². The van der Waals surface area contributed by atoms with Crippen molar-refractivity contribution in [2.45, 2.75) is 6.92 Å². The van der Waals surface area contributed by atoms with Gasteiger partial charge in [-0.25, -0.2) is 0 Å². The Morgan fingerprint density at radius 3 is 2.53 bits per heavy atom. The van der Waals surface area contributed by atoms with Crippen LogP contribution < -0.4 is 16.0 Å². The predicted molar refractivity (Wildman–Crippen MR) is 75.1 cm³/mol. The van der Waals surface area contributed by atoms with Crippen LogP contribution in [0, 0.1) is 17.7 Å². The molecule has 5 N–H and O–H groups in total. The van der Waals surface area contributed by atoms with Crippen LogP contribution >= 0.6 is 27.5 Å². The normalized spacial score (nSPS) is 9.88. The third-order valence-electron chi connectivity index (χ3n) is 2.14. The molecule has 0 saturated heterocycles. The fourth-order valence-electron chi connectivity index (χ4n) is 1.44. The van der Waals surface area contributed by atoms with Crippen LogP contribution in [-0.2, 0) is 0 Å². The number of anilines is 1. The zero-order valence-electron chi connectivity index (χ0n) is 9.44. The van der Waals surface area contributed by atoms with Gasteiger partial charge in [0.05, 0.1) is 10.7 Å². The average Bonchev–Trinajstić information content (AvgIpc) is 2.14. The largest absolute Gasteiger partial charge is 0.370 e. The van der Waals surface area contributed by atoms with E-state index in [0.29, 0.717) is 10.7 Å². The molecule has 0 heterocycles. The molecule has 0 aliphatic rings. The van der Waals surface area contributed by atoms with Crippen molar-refractivity contribution < 1.29 is 0 Å². The van der Waals surface area contributed by atoms with Gasteiger partial charge < -0.3 is 10.6 Å². The minimum Gasteiger partial charge on any atom is -0.370 e. The summed E-state index contributed by atoms with van der Waals surface area (Å²) in [4.78, 5) is 1.53. The average molecular weight is 319 g/mol. The van der Waals surface area contributed by atoms with E-state index < -0.39 is 0 Å². The number of hydrogen-bond acceptors (Lipinski definition) is 2. The molecular weight excluding hydrogens is 306 g/mol. The SMILES string of the molecule is Cc1cc(Br)cc(Cl)c1N(C)C(=N)NC(=N)N. The Kier molecular flexibility index (Phi) is 4.36. The van der Waals surface area contributed by atoms with Crippen LogP contribution in [0.2, 0.25) is 5.02 Å². The van der Waals surface area contributed by atoms with E-state index in [1.54, 1.807) is 13.1 Å². The first-order chi connectivity index (χ1) is 7.82. The fourth-order valence-corrected chi connectivity index (χ4v) is 2.54. The fraction of sp³-hybridized carbons (Fsp3) is 0.200. The quantitative estimate of drug-likeness (QED) is 0.473. The molecular formula is C10H13BrClN5. The number of rotatable bonds is 1. The lowest BCUT2D eigenvalue weighted by atomic mass is 10.2. The first kappa shape index (κ1) is 13.8. The van der Waals surface area contributed by atoms with Crippen LogP contribution in [-0.4, -0.2) is 19.0 Å². The first-order valence-corrected chi connectivity index (χ1v) is 5.89. The summed E-state index contributed by atoms with van der Waals surface area (Å²) in [6, 6.07) is 3.65. The van der Waals surface area contributed by atoms with Crippen LogP contribution in [0.25, 0.3) is 0 Å². The van der Waals surface area contributed by atoms with Crippen molar-refractivity contribution in [3.05, 3.63) is 27.2 Å². The molecule has 1 aromatic rings. The van der Waals surface area contributed by atoms with Gasteiger partial charge >= 0.3 is 0 Å². The summed E-state index contributed by atoms with van der Waals surface area (Å²) in [5.74, 6) is -0.294. The van der Waals surface area contributed by atoms with Gasteiger partial charge in [0.25, 0.3) is 0 Å². The minimum absolute atomic E-state index is 0.00942. The third kappa shape index (κ3) is 3.34. The van der Waals surface area contributed by atoms with E-state index in [2.05, 4.69) is 21.2 Å². The molecule has 0 saturated carbocycles. The van der Waals surface area contributed by atoms with Crippen molar-refractivity contribution in [2.24, 2.45) is 5.73 Å². The van der Waals surface area contributed by atoms with Gasteiger partial charge in [0.15, 0.2) is 5.96 Å². The van der Waals surface area contributed by atoms with E-state index in [1.807, 2.05) is 13.0 Å². The van der Waals surface area contributed by atoms with Gasteiger partial charge in [-0.15, -0.1) is 0 Å². The Balaban J connectivity index is 3.08. The second-order valence-electron chi connectivity index (χ2n) is 3.50. The minimum atomic E-state index is -0.285. The standard InChI is InChI=1S/C10H13BrClN5/c1-5-3-6(11)4-7(12)8(5)17(2)10(15)16-9(13)14/h3-4H,1-2H3,(H5,13,14,15,16). The molecule has 5 nitrogen and oxygen atoms in total. The highest BCUT2D eigenvalue weighted by atomic mass is 79.9. The molecule has 0 unspecified atom stereocenters. The molecule has 0 aromatic heterocycles. The molecule has 1 rings (SSSR count). The molecule has 0 amide bonds. The van der Waals surface area contributed by atoms with Gasteiger partial charge in [0.1, 0.15) is 0 Å². The number of hydrogen-bond donors (Lipinski definition) is 4. The number of halogens is 2. The Morgan fingerprint density at radius 1 is 1.47 bits per heavy atom. The molecule has 0 atom stereocenters. The van der Waals surface area contributed by atoms with Crippen LogP contribution in [0.15, 0.2) is 16.6 Å². The van der Waals surface area contributed by atoms with E-state index in [4.69, 9.17) is 28.2 Å². The van der Waals surface area contributed by atoms with Crippen molar-refractivity contribution in [3.8, 4) is 0 Å². The van der Waals surface area contributed by atoms with E-state index in [9.17, 15) is 0 Å². The van der Waals surface area contributed by atoms with E-state index in [-0.39, 0.29) is 11.9 Å².